The van der Waals surface area contributed by atoms with E-state index in [9.17, 15) is 19.8 Å². The molecule has 31 heavy (non-hydrogen) atoms. The average Bonchev–Trinajstić information content (AvgIpc) is 3.12. The van der Waals surface area contributed by atoms with Crippen molar-refractivity contribution in [2.45, 2.75) is 65.5 Å². The lowest BCUT2D eigenvalue weighted by Gasteiger charge is -2.35. The summed E-state index contributed by atoms with van der Waals surface area (Å²) in [5, 5.41) is 19.8. The minimum absolute atomic E-state index is 0.116. The lowest BCUT2D eigenvalue weighted by molar-refractivity contribution is 0.0702. The summed E-state index contributed by atoms with van der Waals surface area (Å²) in [5.74, 6) is 4.93. The molecular weight excluding hydrogens is 410 g/mol. The van der Waals surface area contributed by atoms with Gasteiger partial charge in [-0.15, -0.1) is 11.3 Å². The van der Waals surface area contributed by atoms with Crippen LogP contribution in [0.5, 0.6) is 0 Å². The molecule has 0 spiro atoms. The summed E-state index contributed by atoms with van der Waals surface area (Å²) < 4.78 is 0. The highest BCUT2D eigenvalue weighted by molar-refractivity contribution is 7.15. The molecule has 1 aromatic carbocycles. The highest BCUT2D eigenvalue weighted by Crippen LogP contribution is 2.36. The molecule has 0 saturated heterocycles. The largest absolute Gasteiger partial charge is 0.477 e. The van der Waals surface area contributed by atoms with Crippen molar-refractivity contribution in [3.05, 3.63) is 51.2 Å². The summed E-state index contributed by atoms with van der Waals surface area (Å²) >= 11 is 1.10. The first-order valence-corrected chi connectivity index (χ1v) is 11.4. The van der Waals surface area contributed by atoms with Crippen LogP contribution in [0.15, 0.2) is 30.3 Å². The summed E-state index contributed by atoms with van der Waals surface area (Å²) in [6.45, 7) is 7.93. The van der Waals surface area contributed by atoms with Crippen molar-refractivity contribution in [3.63, 3.8) is 0 Å². The monoisotopic (exact) mass is 439 g/mol. The molecule has 0 aliphatic heterocycles. The van der Waals surface area contributed by atoms with Crippen molar-refractivity contribution in [2.24, 2.45) is 5.41 Å². The number of carbonyl (C=O) groups excluding carboxylic acids is 1. The third kappa shape index (κ3) is 5.75. The minimum Gasteiger partial charge on any atom is -0.477 e. The number of nitrogens with zero attached hydrogens (tertiary/aromatic N) is 1. The van der Waals surface area contributed by atoms with Gasteiger partial charge >= 0.3 is 5.97 Å². The molecule has 1 saturated carbocycles. The number of thiophene rings is 1. The fourth-order valence-electron chi connectivity index (χ4n) is 3.65. The summed E-state index contributed by atoms with van der Waals surface area (Å²) in [6, 6.07) is 8.85. The molecule has 5 nitrogen and oxygen atoms in total. The second-order valence-corrected chi connectivity index (χ2v) is 10.2. The second-order valence-electron chi connectivity index (χ2n) is 9.13. The Morgan fingerprint density at radius 2 is 1.71 bits per heavy atom. The van der Waals surface area contributed by atoms with Gasteiger partial charge in [-0.05, 0) is 71.6 Å². The molecular formula is C25H29NO4S. The molecule has 0 atom stereocenters. The molecule has 1 amide bonds. The van der Waals surface area contributed by atoms with Crippen LogP contribution in [0.3, 0.4) is 0 Å². The van der Waals surface area contributed by atoms with Gasteiger partial charge in [-0.2, -0.15) is 0 Å². The van der Waals surface area contributed by atoms with Gasteiger partial charge in [0.05, 0.1) is 16.7 Å². The second kappa shape index (κ2) is 9.25. The van der Waals surface area contributed by atoms with E-state index < -0.39 is 5.97 Å². The Morgan fingerprint density at radius 3 is 2.26 bits per heavy atom. The predicted molar refractivity (Wildman–Crippen MR) is 124 cm³/mol. The molecule has 1 aliphatic rings. The molecule has 0 unspecified atom stereocenters. The summed E-state index contributed by atoms with van der Waals surface area (Å²) in [4.78, 5) is 28.0. The number of aromatic carboxylic acids is 1. The minimum atomic E-state index is -1.07. The number of hydrogen-bond acceptors (Lipinski definition) is 4. The van der Waals surface area contributed by atoms with Crippen molar-refractivity contribution in [1.29, 1.82) is 0 Å². The van der Waals surface area contributed by atoms with E-state index in [0.717, 1.165) is 16.9 Å². The predicted octanol–water partition coefficient (Wildman–Crippen LogP) is 5.10. The van der Waals surface area contributed by atoms with Crippen LogP contribution in [-0.2, 0) is 0 Å². The zero-order valence-electron chi connectivity index (χ0n) is 18.4. The molecule has 6 heteroatoms. The Morgan fingerprint density at radius 1 is 1.10 bits per heavy atom. The molecule has 3 rings (SSSR count). The van der Waals surface area contributed by atoms with Crippen LogP contribution in [0.4, 0.5) is 5.69 Å². The molecule has 0 bridgehead atoms. The molecule has 1 fully saturated rings. The highest BCUT2D eigenvalue weighted by atomic mass is 32.1. The maximum Gasteiger partial charge on any atom is 0.348 e. The van der Waals surface area contributed by atoms with E-state index in [-0.39, 0.29) is 28.3 Å². The molecule has 2 N–H and O–H groups in total. The molecule has 1 heterocycles. The van der Waals surface area contributed by atoms with Crippen LogP contribution in [0.2, 0.25) is 0 Å². The molecule has 2 aromatic rings. The van der Waals surface area contributed by atoms with Gasteiger partial charge < -0.3 is 15.1 Å². The Labute approximate surface area is 187 Å². The summed E-state index contributed by atoms with van der Waals surface area (Å²) in [6.07, 6.45) is 2.05. The van der Waals surface area contributed by atoms with Crippen LogP contribution in [0.1, 0.15) is 76.9 Å². The van der Waals surface area contributed by atoms with Crippen molar-refractivity contribution in [3.8, 4) is 11.8 Å². The van der Waals surface area contributed by atoms with Crippen LogP contribution >= 0.6 is 11.3 Å². The first-order chi connectivity index (χ1) is 14.5. The fraction of sp³-hybridized carbons (Fsp3) is 0.440. The first-order valence-electron chi connectivity index (χ1n) is 10.5. The lowest BCUT2D eigenvalue weighted by Crippen LogP contribution is -2.43. The Hall–Kier alpha value is -2.62. The van der Waals surface area contributed by atoms with Gasteiger partial charge in [0, 0.05) is 17.0 Å². The number of carboxylic acid groups (broad SMARTS) is 1. The topological polar surface area (TPSA) is 77.8 Å². The number of amides is 1. The maximum atomic E-state index is 13.6. The smallest absolute Gasteiger partial charge is 0.348 e. The van der Waals surface area contributed by atoms with Crippen LogP contribution in [0.25, 0.3) is 0 Å². The number of aliphatic hydroxyl groups is 1. The van der Waals surface area contributed by atoms with Crippen molar-refractivity contribution in [2.75, 3.05) is 4.90 Å². The quantitative estimate of drug-likeness (QED) is 0.650. The summed E-state index contributed by atoms with van der Waals surface area (Å²) in [5.41, 5.74) is 1.74. The van der Waals surface area contributed by atoms with Gasteiger partial charge in [-0.1, -0.05) is 29.5 Å². The number of carboxylic acids is 1. The number of aryl methyl sites for hydroxylation is 1. The molecule has 164 valence electrons. The van der Waals surface area contributed by atoms with E-state index in [0.29, 0.717) is 41.8 Å². The zero-order chi connectivity index (χ0) is 22.8. The Bertz CT molecular complexity index is 1010. The van der Waals surface area contributed by atoms with Crippen LogP contribution in [-0.4, -0.2) is 34.2 Å². The fourth-order valence-corrected chi connectivity index (χ4v) is 4.49. The van der Waals surface area contributed by atoms with E-state index in [4.69, 9.17) is 0 Å². The lowest BCUT2D eigenvalue weighted by atomic mass is 9.91. The number of rotatable bonds is 4. The van der Waals surface area contributed by atoms with E-state index in [1.165, 1.54) is 0 Å². The van der Waals surface area contributed by atoms with Gasteiger partial charge in [0.15, 0.2) is 0 Å². The van der Waals surface area contributed by atoms with Gasteiger partial charge in [-0.25, -0.2) is 4.79 Å². The zero-order valence-corrected chi connectivity index (χ0v) is 19.3. The number of hydrogen-bond donors (Lipinski definition) is 2. The SMILES string of the molecule is Cc1ccc(C(=O)N(c2cc(C#CC(C)(C)C)sc2C(=O)O)[C@H]2CC[C@H](O)CC2)cc1. The standard InChI is InChI=1S/C25H29NO4S/c1-16-5-7-17(8-6-16)23(28)26(18-9-11-19(27)12-10-18)21-15-20(13-14-25(2,3)4)31-22(21)24(29)30/h5-8,15,18-19,27H,9-12H2,1-4H3,(H,29,30)/t18-,19-. The highest BCUT2D eigenvalue weighted by Gasteiger charge is 2.33. The van der Waals surface area contributed by atoms with Crippen molar-refractivity contribution in [1.82, 2.24) is 0 Å². The van der Waals surface area contributed by atoms with E-state index in [2.05, 4.69) is 11.8 Å². The Balaban J connectivity index is 2.08. The number of benzene rings is 1. The molecule has 1 aliphatic carbocycles. The maximum absolute atomic E-state index is 13.6. The third-order valence-electron chi connectivity index (χ3n) is 5.28. The van der Waals surface area contributed by atoms with Gasteiger partial charge in [0.25, 0.3) is 5.91 Å². The van der Waals surface area contributed by atoms with Crippen LogP contribution < -0.4 is 4.90 Å². The van der Waals surface area contributed by atoms with E-state index in [1.807, 2.05) is 39.8 Å². The normalized spacial score (nSPS) is 18.7. The number of anilines is 1. The summed E-state index contributed by atoms with van der Waals surface area (Å²) in [7, 11) is 0. The number of carbonyl (C=O) groups is 2. The Kier molecular flexibility index (Phi) is 6.88. The van der Waals surface area contributed by atoms with Gasteiger partial charge in [0.1, 0.15) is 4.88 Å². The van der Waals surface area contributed by atoms with Gasteiger partial charge in [-0.3, -0.25) is 4.79 Å². The van der Waals surface area contributed by atoms with E-state index in [1.54, 1.807) is 23.1 Å². The van der Waals surface area contributed by atoms with Crippen molar-refractivity contribution < 1.29 is 19.8 Å². The van der Waals surface area contributed by atoms with Crippen LogP contribution in [0, 0.1) is 24.2 Å². The molecule has 0 radical (unpaired) electrons. The first kappa shape index (κ1) is 23.1. The average molecular weight is 440 g/mol. The van der Waals surface area contributed by atoms with E-state index >= 15 is 0 Å². The van der Waals surface area contributed by atoms with Gasteiger partial charge in [0.2, 0.25) is 0 Å². The van der Waals surface area contributed by atoms with Crippen molar-refractivity contribution >= 4 is 28.9 Å². The molecule has 1 aromatic heterocycles. The third-order valence-corrected chi connectivity index (χ3v) is 6.30. The number of aliphatic hydroxyl groups excluding tert-OH is 1.